The van der Waals surface area contributed by atoms with Gasteiger partial charge in [-0.15, -0.1) is 0 Å². The van der Waals surface area contributed by atoms with E-state index >= 15 is 0 Å². The van der Waals surface area contributed by atoms with Crippen molar-refractivity contribution in [2.24, 2.45) is 0 Å². The smallest absolute Gasteiger partial charge is 0.0538 e. The SMILES string of the molecule is Cc1ccccc1CCNc1cncc(Br)c1. The average Bonchev–Trinajstić information content (AvgIpc) is 2.32. The van der Waals surface area contributed by atoms with Crippen molar-refractivity contribution in [3.8, 4) is 0 Å². The maximum atomic E-state index is 4.12. The van der Waals surface area contributed by atoms with Crippen molar-refractivity contribution in [1.29, 1.82) is 0 Å². The van der Waals surface area contributed by atoms with E-state index in [1.54, 1.807) is 6.20 Å². The van der Waals surface area contributed by atoms with Crippen molar-refractivity contribution >= 4 is 21.6 Å². The Morgan fingerprint density at radius 3 is 2.82 bits per heavy atom. The fourth-order valence-corrected chi connectivity index (χ4v) is 2.11. The third-order valence-corrected chi connectivity index (χ3v) is 3.12. The van der Waals surface area contributed by atoms with Crippen LogP contribution >= 0.6 is 15.9 Å². The number of aromatic nitrogens is 1. The van der Waals surface area contributed by atoms with Crippen LogP contribution in [0.15, 0.2) is 47.2 Å². The molecule has 1 aromatic heterocycles. The van der Waals surface area contributed by atoms with Gasteiger partial charge in [0.1, 0.15) is 0 Å². The van der Waals surface area contributed by atoms with Gasteiger partial charge in [-0.05, 0) is 46.5 Å². The molecule has 2 aromatic rings. The molecule has 0 unspecified atom stereocenters. The Labute approximate surface area is 110 Å². The Balaban J connectivity index is 1.90. The molecule has 1 aromatic carbocycles. The van der Waals surface area contributed by atoms with E-state index in [-0.39, 0.29) is 0 Å². The van der Waals surface area contributed by atoms with Crippen LogP contribution in [0.2, 0.25) is 0 Å². The maximum absolute atomic E-state index is 4.12. The lowest BCUT2D eigenvalue weighted by Gasteiger charge is -2.08. The molecule has 17 heavy (non-hydrogen) atoms. The third kappa shape index (κ3) is 3.56. The molecule has 0 aliphatic heterocycles. The quantitative estimate of drug-likeness (QED) is 0.926. The normalized spacial score (nSPS) is 10.2. The van der Waals surface area contributed by atoms with Crippen molar-refractivity contribution in [1.82, 2.24) is 4.98 Å². The summed E-state index contributed by atoms with van der Waals surface area (Å²) in [6, 6.07) is 10.5. The molecule has 2 nitrogen and oxygen atoms in total. The minimum Gasteiger partial charge on any atom is -0.383 e. The zero-order chi connectivity index (χ0) is 12.1. The summed E-state index contributed by atoms with van der Waals surface area (Å²) in [5, 5.41) is 3.37. The fourth-order valence-electron chi connectivity index (χ4n) is 1.74. The molecule has 0 amide bonds. The molecule has 0 spiro atoms. The van der Waals surface area contributed by atoms with Crippen LogP contribution < -0.4 is 5.32 Å². The highest BCUT2D eigenvalue weighted by atomic mass is 79.9. The van der Waals surface area contributed by atoms with Gasteiger partial charge in [-0.2, -0.15) is 0 Å². The monoisotopic (exact) mass is 290 g/mol. The summed E-state index contributed by atoms with van der Waals surface area (Å²) in [6.07, 6.45) is 4.65. The van der Waals surface area contributed by atoms with Crippen LogP contribution in [-0.2, 0) is 6.42 Å². The van der Waals surface area contributed by atoms with Crippen LogP contribution in [-0.4, -0.2) is 11.5 Å². The van der Waals surface area contributed by atoms with Crippen molar-refractivity contribution < 1.29 is 0 Å². The molecule has 0 saturated carbocycles. The molecule has 0 radical (unpaired) electrons. The van der Waals surface area contributed by atoms with E-state index in [4.69, 9.17) is 0 Å². The minimum absolute atomic E-state index is 0.920. The molecule has 2 rings (SSSR count). The Bertz CT molecular complexity index is 497. The molecule has 0 aliphatic rings. The van der Waals surface area contributed by atoms with E-state index in [0.29, 0.717) is 0 Å². The van der Waals surface area contributed by atoms with Crippen LogP contribution in [0.4, 0.5) is 5.69 Å². The summed E-state index contributed by atoms with van der Waals surface area (Å²) >= 11 is 3.41. The van der Waals surface area contributed by atoms with Gasteiger partial charge in [0.05, 0.1) is 11.9 Å². The van der Waals surface area contributed by atoms with E-state index in [1.165, 1.54) is 11.1 Å². The van der Waals surface area contributed by atoms with E-state index in [9.17, 15) is 0 Å². The molecule has 1 heterocycles. The predicted octanol–water partition coefficient (Wildman–Crippen LogP) is 3.81. The van der Waals surface area contributed by atoms with Gasteiger partial charge in [-0.3, -0.25) is 4.98 Å². The molecule has 0 bridgehead atoms. The zero-order valence-corrected chi connectivity index (χ0v) is 11.4. The Hall–Kier alpha value is -1.35. The third-order valence-electron chi connectivity index (χ3n) is 2.69. The highest BCUT2D eigenvalue weighted by molar-refractivity contribution is 9.10. The number of hydrogen-bond acceptors (Lipinski definition) is 2. The lowest BCUT2D eigenvalue weighted by Crippen LogP contribution is -2.05. The molecule has 1 N–H and O–H groups in total. The number of nitrogens with zero attached hydrogens (tertiary/aromatic N) is 1. The largest absolute Gasteiger partial charge is 0.383 e. The summed E-state index contributed by atoms with van der Waals surface area (Å²) in [7, 11) is 0. The summed E-state index contributed by atoms with van der Waals surface area (Å²) in [4.78, 5) is 4.12. The first kappa shape index (κ1) is 12.1. The maximum Gasteiger partial charge on any atom is 0.0538 e. The van der Waals surface area contributed by atoms with Crippen molar-refractivity contribution in [2.75, 3.05) is 11.9 Å². The first-order chi connectivity index (χ1) is 8.25. The first-order valence-electron chi connectivity index (χ1n) is 5.64. The van der Waals surface area contributed by atoms with E-state index < -0.39 is 0 Å². The number of rotatable bonds is 4. The van der Waals surface area contributed by atoms with Gasteiger partial charge in [0.25, 0.3) is 0 Å². The van der Waals surface area contributed by atoms with Gasteiger partial charge in [0.2, 0.25) is 0 Å². The fraction of sp³-hybridized carbons (Fsp3) is 0.214. The van der Waals surface area contributed by atoms with Gasteiger partial charge < -0.3 is 5.32 Å². The molecular formula is C14H15BrN2. The molecule has 0 atom stereocenters. The molecule has 0 fully saturated rings. The van der Waals surface area contributed by atoms with Crippen molar-refractivity contribution in [2.45, 2.75) is 13.3 Å². The Morgan fingerprint density at radius 1 is 1.24 bits per heavy atom. The van der Waals surface area contributed by atoms with Crippen molar-refractivity contribution in [3.05, 3.63) is 58.3 Å². The number of nitrogens with one attached hydrogen (secondary N) is 1. The zero-order valence-electron chi connectivity index (χ0n) is 9.78. The summed E-state index contributed by atoms with van der Waals surface area (Å²) in [6.45, 7) is 3.07. The average molecular weight is 291 g/mol. The van der Waals surface area contributed by atoms with Gasteiger partial charge in [-0.25, -0.2) is 0 Å². The second-order valence-corrected chi connectivity index (χ2v) is 4.91. The summed E-state index contributed by atoms with van der Waals surface area (Å²) in [5.41, 5.74) is 3.79. The Morgan fingerprint density at radius 2 is 2.06 bits per heavy atom. The van der Waals surface area contributed by atoms with Crippen LogP contribution in [0.1, 0.15) is 11.1 Å². The van der Waals surface area contributed by atoms with Gasteiger partial charge in [0, 0.05) is 17.2 Å². The number of pyridine rings is 1. The number of halogens is 1. The second kappa shape index (κ2) is 5.82. The van der Waals surface area contributed by atoms with Crippen LogP contribution in [0.5, 0.6) is 0 Å². The van der Waals surface area contributed by atoms with Crippen LogP contribution in [0.25, 0.3) is 0 Å². The van der Waals surface area contributed by atoms with E-state index in [1.807, 2.05) is 12.3 Å². The highest BCUT2D eigenvalue weighted by Crippen LogP contribution is 2.14. The summed E-state index contributed by atoms with van der Waals surface area (Å²) < 4.78 is 0.999. The Kier molecular flexibility index (Phi) is 4.15. The molecule has 0 aliphatic carbocycles. The van der Waals surface area contributed by atoms with E-state index in [2.05, 4.69) is 57.4 Å². The van der Waals surface area contributed by atoms with Gasteiger partial charge >= 0.3 is 0 Å². The van der Waals surface area contributed by atoms with Gasteiger partial charge in [0.15, 0.2) is 0 Å². The number of benzene rings is 1. The summed E-state index contributed by atoms with van der Waals surface area (Å²) in [5.74, 6) is 0. The highest BCUT2D eigenvalue weighted by Gasteiger charge is 1.97. The lowest BCUT2D eigenvalue weighted by molar-refractivity contribution is 1.00. The molecule has 0 saturated heterocycles. The van der Waals surface area contributed by atoms with E-state index in [0.717, 1.165) is 23.1 Å². The number of anilines is 1. The van der Waals surface area contributed by atoms with Crippen LogP contribution in [0.3, 0.4) is 0 Å². The predicted molar refractivity (Wildman–Crippen MR) is 75.3 cm³/mol. The molecule has 88 valence electrons. The minimum atomic E-state index is 0.920. The van der Waals surface area contributed by atoms with Crippen LogP contribution in [0, 0.1) is 6.92 Å². The van der Waals surface area contributed by atoms with Gasteiger partial charge in [-0.1, -0.05) is 24.3 Å². The number of hydrogen-bond donors (Lipinski definition) is 1. The second-order valence-electron chi connectivity index (χ2n) is 4.00. The molecule has 3 heteroatoms. The lowest BCUT2D eigenvalue weighted by atomic mass is 10.1. The topological polar surface area (TPSA) is 24.9 Å². The first-order valence-corrected chi connectivity index (χ1v) is 6.44. The molecular weight excluding hydrogens is 276 g/mol. The van der Waals surface area contributed by atoms with Crippen molar-refractivity contribution in [3.63, 3.8) is 0 Å². The standard InChI is InChI=1S/C14H15BrN2/c1-11-4-2-3-5-12(11)6-7-17-14-8-13(15)9-16-10-14/h2-5,8-10,17H,6-7H2,1H3. The number of aryl methyl sites for hydroxylation is 1.